The number of hydrogen-bond acceptors (Lipinski definition) is 1. The van der Waals surface area contributed by atoms with E-state index < -0.39 is 0 Å². The van der Waals surface area contributed by atoms with Crippen molar-refractivity contribution in [3.63, 3.8) is 0 Å². The van der Waals surface area contributed by atoms with E-state index in [9.17, 15) is 0 Å². The van der Waals surface area contributed by atoms with Gasteiger partial charge < -0.3 is 9.88 Å². The number of benzene rings is 1. The first-order valence-electron chi connectivity index (χ1n) is 6.50. The molecule has 0 saturated carbocycles. The average molecular weight is 240 g/mol. The van der Waals surface area contributed by atoms with Gasteiger partial charge in [0.15, 0.2) is 0 Å². The zero-order valence-corrected chi connectivity index (χ0v) is 10.9. The smallest absolute Gasteiger partial charge is 0.0481 e. The number of para-hydroxylation sites is 1. The van der Waals surface area contributed by atoms with Crippen LogP contribution >= 0.6 is 0 Å². The molecule has 2 heteroatoms. The summed E-state index contributed by atoms with van der Waals surface area (Å²) < 4.78 is 2.19. The van der Waals surface area contributed by atoms with Gasteiger partial charge in [-0.2, -0.15) is 0 Å². The van der Waals surface area contributed by atoms with Gasteiger partial charge >= 0.3 is 0 Å². The van der Waals surface area contributed by atoms with Gasteiger partial charge in [-0.15, -0.1) is 12.3 Å². The predicted octanol–water partition coefficient (Wildman–Crippen LogP) is 3.07. The summed E-state index contributed by atoms with van der Waals surface area (Å²) >= 11 is 0. The Bertz CT molecular complexity index is 546. The fourth-order valence-electron chi connectivity index (χ4n) is 2.27. The van der Waals surface area contributed by atoms with Crippen LogP contribution in [0.15, 0.2) is 30.5 Å². The Morgan fingerprint density at radius 2 is 2.11 bits per heavy atom. The average Bonchev–Trinajstić information content (AvgIpc) is 2.71. The summed E-state index contributed by atoms with van der Waals surface area (Å²) in [5.74, 6) is 2.67. The van der Waals surface area contributed by atoms with E-state index in [0.29, 0.717) is 0 Å². The van der Waals surface area contributed by atoms with Gasteiger partial charge in [0, 0.05) is 37.1 Å². The molecule has 0 aliphatic carbocycles. The molecule has 0 bridgehead atoms. The van der Waals surface area contributed by atoms with E-state index in [1.54, 1.807) is 0 Å². The van der Waals surface area contributed by atoms with E-state index in [1.165, 1.54) is 16.5 Å². The minimum atomic E-state index is 0.885. The van der Waals surface area contributed by atoms with Gasteiger partial charge in [-0.1, -0.05) is 18.2 Å². The molecule has 0 unspecified atom stereocenters. The molecule has 1 heterocycles. The summed E-state index contributed by atoms with van der Waals surface area (Å²) in [4.78, 5) is 0. The summed E-state index contributed by atoms with van der Waals surface area (Å²) in [6.45, 7) is 1.96. The second-order valence-corrected chi connectivity index (χ2v) is 4.62. The Morgan fingerprint density at radius 3 is 2.94 bits per heavy atom. The maximum atomic E-state index is 5.23. The third kappa shape index (κ3) is 2.94. The second-order valence-electron chi connectivity index (χ2n) is 4.62. The zero-order valence-electron chi connectivity index (χ0n) is 10.9. The van der Waals surface area contributed by atoms with Crippen LogP contribution in [-0.4, -0.2) is 11.1 Å². The Balaban J connectivity index is 1.90. The molecule has 0 spiro atoms. The zero-order chi connectivity index (χ0) is 12.8. The molecular formula is C16H20N2. The topological polar surface area (TPSA) is 17.0 Å². The van der Waals surface area contributed by atoms with Crippen molar-refractivity contribution in [1.29, 1.82) is 0 Å². The summed E-state index contributed by atoms with van der Waals surface area (Å²) in [6, 6.07) is 8.52. The van der Waals surface area contributed by atoms with Crippen molar-refractivity contribution in [2.45, 2.75) is 25.8 Å². The lowest BCUT2D eigenvalue weighted by Gasteiger charge is -2.02. The molecule has 0 fully saturated rings. The number of nitrogens with zero attached hydrogens (tertiary/aromatic N) is 1. The van der Waals surface area contributed by atoms with Crippen molar-refractivity contribution in [2.75, 3.05) is 6.54 Å². The fourth-order valence-corrected chi connectivity index (χ4v) is 2.27. The highest BCUT2D eigenvalue weighted by Crippen LogP contribution is 2.19. The maximum absolute atomic E-state index is 5.23. The molecule has 1 aromatic heterocycles. The number of hydrogen-bond donors (Lipinski definition) is 1. The summed E-state index contributed by atoms with van der Waals surface area (Å²) in [7, 11) is 2.10. The SMILES string of the molecule is C#CCCCCNCc1cn(C)c2ccccc12. The molecule has 2 aromatic rings. The maximum Gasteiger partial charge on any atom is 0.0481 e. The van der Waals surface area contributed by atoms with Gasteiger partial charge in [-0.25, -0.2) is 0 Å². The summed E-state index contributed by atoms with van der Waals surface area (Å²) in [5.41, 5.74) is 2.66. The molecule has 0 atom stereocenters. The summed E-state index contributed by atoms with van der Waals surface area (Å²) in [6.07, 6.45) is 10.6. The highest BCUT2D eigenvalue weighted by molar-refractivity contribution is 5.83. The van der Waals surface area contributed by atoms with Crippen molar-refractivity contribution in [1.82, 2.24) is 9.88 Å². The molecule has 0 saturated heterocycles. The predicted molar refractivity (Wildman–Crippen MR) is 77.3 cm³/mol. The Kier molecular flexibility index (Phi) is 4.44. The first-order chi connectivity index (χ1) is 8.83. The van der Waals surface area contributed by atoms with Crippen molar-refractivity contribution < 1.29 is 0 Å². The van der Waals surface area contributed by atoms with Crippen LogP contribution in [-0.2, 0) is 13.6 Å². The van der Waals surface area contributed by atoms with Crippen LogP contribution in [0.25, 0.3) is 10.9 Å². The molecule has 0 amide bonds. The highest BCUT2D eigenvalue weighted by atomic mass is 14.9. The van der Waals surface area contributed by atoms with Crippen molar-refractivity contribution in [3.8, 4) is 12.3 Å². The van der Waals surface area contributed by atoms with E-state index >= 15 is 0 Å². The molecule has 0 radical (unpaired) electrons. The Labute approximate surface area is 109 Å². The molecular weight excluding hydrogens is 220 g/mol. The van der Waals surface area contributed by atoms with Gasteiger partial charge in [0.2, 0.25) is 0 Å². The van der Waals surface area contributed by atoms with E-state index in [1.807, 2.05) is 0 Å². The molecule has 0 aliphatic rings. The van der Waals surface area contributed by atoms with Crippen molar-refractivity contribution in [3.05, 3.63) is 36.0 Å². The highest BCUT2D eigenvalue weighted by Gasteiger charge is 2.04. The lowest BCUT2D eigenvalue weighted by molar-refractivity contribution is 0.630. The molecule has 18 heavy (non-hydrogen) atoms. The molecule has 1 aromatic carbocycles. The number of unbranched alkanes of at least 4 members (excludes halogenated alkanes) is 2. The standard InChI is InChI=1S/C16H20N2/c1-3-4-5-8-11-17-12-14-13-18(2)16-10-7-6-9-15(14)16/h1,6-7,9-10,13,17H,4-5,8,11-12H2,2H3. The lowest BCUT2D eigenvalue weighted by Crippen LogP contribution is -2.14. The van der Waals surface area contributed by atoms with Crippen LogP contribution in [0.2, 0.25) is 0 Å². The van der Waals surface area contributed by atoms with Gasteiger partial charge in [0.05, 0.1) is 0 Å². The van der Waals surface area contributed by atoms with E-state index in [0.717, 1.165) is 32.4 Å². The van der Waals surface area contributed by atoms with Crippen LogP contribution in [0, 0.1) is 12.3 Å². The van der Waals surface area contributed by atoms with Crippen molar-refractivity contribution >= 4 is 10.9 Å². The van der Waals surface area contributed by atoms with Gasteiger partial charge in [0.25, 0.3) is 0 Å². The van der Waals surface area contributed by atoms with Crippen LogP contribution in [0.5, 0.6) is 0 Å². The fraction of sp³-hybridized carbons (Fsp3) is 0.375. The largest absolute Gasteiger partial charge is 0.350 e. The normalized spacial score (nSPS) is 10.7. The number of aromatic nitrogens is 1. The number of rotatable bonds is 6. The number of fused-ring (bicyclic) bond motifs is 1. The number of nitrogens with one attached hydrogen (secondary N) is 1. The molecule has 2 nitrogen and oxygen atoms in total. The minimum absolute atomic E-state index is 0.885. The van der Waals surface area contributed by atoms with Crippen LogP contribution in [0.4, 0.5) is 0 Å². The van der Waals surface area contributed by atoms with Crippen LogP contribution in [0.1, 0.15) is 24.8 Å². The first-order valence-corrected chi connectivity index (χ1v) is 6.50. The third-order valence-corrected chi connectivity index (χ3v) is 3.22. The third-order valence-electron chi connectivity index (χ3n) is 3.22. The van der Waals surface area contributed by atoms with E-state index in [-0.39, 0.29) is 0 Å². The van der Waals surface area contributed by atoms with Crippen LogP contribution in [0.3, 0.4) is 0 Å². The van der Waals surface area contributed by atoms with E-state index in [4.69, 9.17) is 6.42 Å². The van der Waals surface area contributed by atoms with Crippen molar-refractivity contribution in [2.24, 2.45) is 7.05 Å². The second kappa shape index (κ2) is 6.28. The molecule has 1 N–H and O–H groups in total. The Hall–Kier alpha value is -1.72. The van der Waals surface area contributed by atoms with Gasteiger partial charge in [-0.3, -0.25) is 0 Å². The van der Waals surface area contributed by atoms with Crippen LogP contribution < -0.4 is 5.32 Å². The summed E-state index contributed by atoms with van der Waals surface area (Å²) in [5, 5.41) is 4.83. The lowest BCUT2D eigenvalue weighted by atomic mass is 10.2. The number of terminal acetylenes is 1. The van der Waals surface area contributed by atoms with Gasteiger partial charge in [-0.05, 0) is 31.0 Å². The molecule has 2 rings (SSSR count). The quantitative estimate of drug-likeness (QED) is 0.606. The van der Waals surface area contributed by atoms with E-state index in [2.05, 4.69) is 53.3 Å². The minimum Gasteiger partial charge on any atom is -0.350 e. The molecule has 94 valence electrons. The molecule has 0 aliphatic heterocycles. The number of aryl methyl sites for hydroxylation is 1. The monoisotopic (exact) mass is 240 g/mol. The Morgan fingerprint density at radius 1 is 1.28 bits per heavy atom. The first kappa shape index (κ1) is 12.7. The van der Waals surface area contributed by atoms with Gasteiger partial charge in [0.1, 0.15) is 0 Å².